The number of hydrogen-bond donors (Lipinski definition) is 2. The van der Waals surface area contributed by atoms with E-state index in [0.29, 0.717) is 0 Å². The number of rotatable bonds is 1. The number of carboxylic acid groups (broad SMARTS) is 1. The van der Waals surface area contributed by atoms with Crippen LogP contribution in [0.1, 0.15) is 10.4 Å². The van der Waals surface area contributed by atoms with Crippen molar-refractivity contribution >= 4 is 19.5 Å². The first-order valence-electron chi connectivity index (χ1n) is 2.73. The number of benzene rings is 1. The Morgan fingerprint density at radius 3 is 2.08 bits per heavy atom. The Labute approximate surface area is 97.4 Å². The first-order chi connectivity index (χ1) is 4.72. The van der Waals surface area contributed by atoms with E-state index in [-0.39, 0.29) is 52.5 Å². The molecule has 0 aliphatic heterocycles. The van der Waals surface area contributed by atoms with Crippen LogP contribution in [0.25, 0.3) is 0 Å². The Morgan fingerprint density at radius 2 is 1.75 bits per heavy atom. The van der Waals surface area contributed by atoms with Crippen molar-refractivity contribution in [3.63, 3.8) is 0 Å². The van der Waals surface area contributed by atoms with Crippen LogP contribution in [0.4, 0.5) is 0 Å². The molecule has 1 aromatic carbocycles. The number of para-hydroxylation sites is 1. The smallest absolute Gasteiger partial charge is 0.339 e. The van der Waals surface area contributed by atoms with Crippen molar-refractivity contribution in [2.45, 2.75) is 0 Å². The molecular formula is C7H8HgO3S. The number of carboxylic acids is 1. The molecule has 5 heteroatoms. The van der Waals surface area contributed by atoms with Gasteiger partial charge < -0.3 is 10.2 Å². The van der Waals surface area contributed by atoms with Gasteiger partial charge in [0.05, 0.1) is 0 Å². The van der Waals surface area contributed by atoms with Gasteiger partial charge in [-0.25, -0.2) is 4.79 Å². The Bertz CT molecular complexity index is 265. The van der Waals surface area contributed by atoms with Gasteiger partial charge in [0.2, 0.25) is 0 Å². The monoisotopic (exact) mass is 374 g/mol. The molecule has 0 unspecified atom stereocenters. The third-order valence-electron chi connectivity index (χ3n) is 1.13. The van der Waals surface area contributed by atoms with Gasteiger partial charge in [-0.2, -0.15) is 13.5 Å². The van der Waals surface area contributed by atoms with Crippen LogP contribution in [0.5, 0.6) is 5.75 Å². The molecule has 62 valence electrons. The fourth-order valence-electron chi connectivity index (χ4n) is 0.654. The Kier molecular flexibility index (Phi) is 7.52. The number of aromatic hydroxyl groups is 1. The second-order valence-electron chi connectivity index (χ2n) is 1.82. The van der Waals surface area contributed by atoms with Crippen molar-refractivity contribution in [1.82, 2.24) is 0 Å². The second kappa shape index (κ2) is 6.31. The van der Waals surface area contributed by atoms with Crippen LogP contribution in [-0.2, 0) is 27.7 Å². The minimum Gasteiger partial charge on any atom is -0.507 e. The summed E-state index contributed by atoms with van der Waals surface area (Å²) in [5.74, 6) is -1.31. The van der Waals surface area contributed by atoms with E-state index in [1.165, 1.54) is 12.1 Å². The Morgan fingerprint density at radius 1 is 1.25 bits per heavy atom. The normalized spacial score (nSPS) is 7.67. The number of aromatic carboxylic acids is 1. The third kappa shape index (κ3) is 3.45. The van der Waals surface area contributed by atoms with Crippen molar-refractivity contribution in [3.8, 4) is 5.75 Å². The van der Waals surface area contributed by atoms with Gasteiger partial charge in [0.25, 0.3) is 0 Å². The van der Waals surface area contributed by atoms with Crippen LogP contribution >= 0.6 is 13.5 Å². The summed E-state index contributed by atoms with van der Waals surface area (Å²) in [7, 11) is 0. The van der Waals surface area contributed by atoms with E-state index < -0.39 is 5.97 Å². The van der Waals surface area contributed by atoms with Gasteiger partial charge in [-0.1, -0.05) is 12.1 Å². The predicted octanol–water partition coefficient (Wildman–Crippen LogP) is 1.20. The Balaban J connectivity index is 0. The van der Waals surface area contributed by atoms with Gasteiger partial charge in [0, 0.05) is 27.7 Å². The molecule has 0 heterocycles. The zero-order valence-electron chi connectivity index (χ0n) is 6.32. The molecule has 12 heavy (non-hydrogen) atoms. The minimum atomic E-state index is -1.11. The first-order valence-corrected chi connectivity index (χ1v) is 2.73. The van der Waals surface area contributed by atoms with Gasteiger partial charge in [-0.3, -0.25) is 0 Å². The number of carbonyl (C=O) groups is 1. The van der Waals surface area contributed by atoms with Crippen LogP contribution in [0, 0.1) is 0 Å². The summed E-state index contributed by atoms with van der Waals surface area (Å²) in [6.07, 6.45) is 0. The molecular weight excluding hydrogens is 365 g/mol. The SMILES string of the molecule is O=C(O)c1ccccc1O.S.[Hg]. The van der Waals surface area contributed by atoms with Gasteiger partial charge in [-0.15, -0.1) is 0 Å². The van der Waals surface area contributed by atoms with Crippen LogP contribution in [0.3, 0.4) is 0 Å². The molecule has 0 fully saturated rings. The van der Waals surface area contributed by atoms with E-state index in [1.807, 2.05) is 0 Å². The van der Waals surface area contributed by atoms with E-state index in [1.54, 1.807) is 12.1 Å². The maximum atomic E-state index is 10.3. The molecule has 1 rings (SSSR count). The summed E-state index contributed by atoms with van der Waals surface area (Å²) in [6, 6.07) is 5.81. The van der Waals surface area contributed by atoms with Gasteiger partial charge in [-0.05, 0) is 12.1 Å². The molecule has 0 aromatic heterocycles. The fourth-order valence-corrected chi connectivity index (χ4v) is 0.654. The predicted molar refractivity (Wildman–Crippen MR) is 45.4 cm³/mol. The average molecular weight is 373 g/mol. The van der Waals surface area contributed by atoms with Gasteiger partial charge in [0.1, 0.15) is 11.3 Å². The van der Waals surface area contributed by atoms with Crippen LogP contribution < -0.4 is 0 Å². The van der Waals surface area contributed by atoms with Crippen LogP contribution in [0.2, 0.25) is 0 Å². The molecule has 0 aliphatic rings. The zero-order valence-corrected chi connectivity index (χ0v) is 12.8. The molecule has 0 aliphatic carbocycles. The molecule has 1 aromatic rings. The topological polar surface area (TPSA) is 57.5 Å². The maximum absolute atomic E-state index is 10.3. The summed E-state index contributed by atoms with van der Waals surface area (Å²) in [4.78, 5) is 10.3. The fraction of sp³-hybridized carbons (Fsp3) is 0. The summed E-state index contributed by atoms with van der Waals surface area (Å²) in [5.41, 5.74) is -0.0671. The summed E-state index contributed by atoms with van der Waals surface area (Å²) >= 11 is 0. The van der Waals surface area contributed by atoms with E-state index in [0.717, 1.165) is 0 Å². The molecule has 0 atom stereocenters. The quantitative estimate of drug-likeness (QED) is 0.728. The zero-order chi connectivity index (χ0) is 7.56. The van der Waals surface area contributed by atoms with Crippen molar-refractivity contribution in [3.05, 3.63) is 29.8 Å². The van der Waals surface area contributed by atoms with Crippen molar-refractivity contribution in [2.24, 2.45) is 0 Å². The summed E-state index contributed by atoms with van der Waals surface area (Å²) < 4.78 is 0. The van der Waals surface area contributed by atoms with Gasteiger partial charge >= 0.3 is 5.97 Å². The van der Waals surface area contributed by atoms with E-state index in [4.69, 9.17) is 10.2 Å². The molecule has 0 saturated carbocycles. The Hall–Kier alpha value is -0.225. The minimum absolute atomic E-state index is 0. The molecule has 3 nitrogen and oxygen atoms in total. The number of phenols is 1. The standard InChI is InChI=1S/C7H6O3.Hg.H2S/c8-6-4-2-1-3-5(6)7(9)10;;/h1-4,8H,(H,9,10);;1H2. The second-order valence-corrected chi connectivity index (χ2v) is 1.82. The third-order valence-corrected chi connectivity index (χ3v) is 1.13. The largest absolute Gasteiger partial charge is 0.507 e. The summed E-state index contributed by atoms with van der Waals surface area (Å²) in [6.45, 7) is 0. The molecule has 0 spiro atoms. The summed E-state index contributed by atoms with van der Waals surface area (Å²) in [5, 5.41) is 17.3. The van der Waals surface area contributed by atoms with Crippen molar-refractivity contribution in [2.75, 3.05) is 0 Å². The van der Waals surface area contributed by atoms with Crippen LogP contribution in [-0.4, -0.2) is 16.2 Å². The van der Waals surface area contributed by atoms with E-state index in [9.17, 15) is 4.79 Å². The van der Waals surface area contributed by atoms with Gasteiger partial charge in [0.15, 0.2) is 0 Å². The average Bonchev–Trinajstić information content (AvgIpc) is 1.88. The van der Waals surface area contributed by atoms with Crippen LogP contribution in [0.15, 0.2) is 24.3 Å². The molecule has 0 bridgehead atoms. The molecule has 0 radical (unpaired) electrons. The first kappa shape index (κ1) is 14.3. The van der Waals surface area contributed by atoms with Crippen molar-refractivity contribution < 1.29 is 42.7 Å². The van der Waals surface area contributed by atoms with E-state index in [2.05, 4.69) is 0 Å². The van der Waals surface area contributed by atoms with Crippen molar-refractivity contribution in [1.29, 1.82) is 0 Å². The van der Waals surface area contributed by atoms with E-state index >= 15 is 0 Å². The maximum Gasteiger partial charge on any atom is 0.339 e. The molecule has 0 amide bonds. The number of hydrogen-bond acceptors (Lipinski definition) is 2. The molecule has 0 saturated heterocycles. The molecule has 2 N–H and O–H groups in total.